The molecule has 0 bridgehead atoms. The fraction of sp³-hybridized carbons (Fsp3) is 0.269. The highest BCUT2D eigenvalue weighted by molar-refractivity contribution is 7.80. The molecule has 0 saturated heterocycles. The van der Waals surface area contributed by atoms with Crippen LogP contribution in [0.4, 0.5) is 0 Å². The largest absolute Gasteiger partial charge is 0.496 e. The Hall–Kier alpha value is -2.69. The molecule has 1 atom stereocenters. The summed E-state index contributed by atoms with van der Waals surface area (Å²) in [4.78, 5) is 3.30. The molecule has 0 radical (unpaired) electrons. The molecule has 0 fully saturated rings. The van der Waals surface area contributed by atoms with Gasteiger partial charge < -0.3 is 10.1 Å². The molecule has 3 aromatic carbocycles. The Labute approximate surface area is 184 Å². The summed E-state index contributed by atoms with van der Waals surface area (Å²) in [6, 6.07) is 26.0. The zero-order valence-electron chi connectivity index (χ0n) is 17.6. The van der Waals surface area contributed by atoms with E-state index in [4.69, 9.17) is 17.0 Å². The average molecular weight is 417 g/mol. The highest BCUT2D eigenvalue weighted by atomic mass is 32.1. The molecule has 1 aliphatic rings. The minimum absolute atomic E-state index is 0.369. The van der Waals surface area contributed by atoms with Crippen LogP contribution in [0.1, 0.15) is 27.8 Å². The van der Waals surface area contributed by atoms with Gasteiger partial charge in [0.15, 0.2) is 0 Å². The summed E-state index contributed by atoms with van der Waals surface area (Å²) in [7, 11) is 1.69. The van der Waals surface area contributed by atoms with E-state index in [0.717, 1.165) is 42.4 Å². The Bertz CT molecular complexity index is 1020. The SMILES string of the molecule is COc1ccc(C)cc1C(=S)NC[C@@H]1Cc2ccccc2CN1Cc1ccccc1. The van der Waals surface area contributed by atoms with Gasteiger partial charge in [0.1, 0.15) is 10.7 Å². The summed E-state index contributed by atoms with van der Waals surface area (Å²) in [5.41, 5.74) is 6.33. The standard InChI is InChI=1S/C26H28N2OS/c1-19-12-13-25(29-2)24(14-19)26(30)27-16-23-15-21-10-6-7-11-22(21)18-28(23)17-20-8-4-3-5-9-20/h3-14,23H,15-18H2,1-2H3,(H,27,30)/t23-/m0/s1. The Balaban J connectivity index is 1.51. The molecule has 4 heteroatoms. The molecule has 0 spiro atoms. The molecule has 0 aromatic heterocycles. The Morgan fingerprint density at radius 1 is 1.03 bits per heavy atom. The van der Waals surface area contributed by atoms with Crippen LogP contribution in [-0.2, 0) is 19.5 Å². The lowest BCUT2D eigenvalue weighted by molar-refractivity contribution is 0.163. The number of thiocarbonyl (C=S) groups is 1. The van der Waals surface area contributed by atoms with Crippen molar-refractivity contribution in [3.8, 4) is 5.75 Å². The number of hydrogen-bond donors (Lipinski definition) is 1. The predicted octanol–water partition coefficient (Wildman–Crippen LogP) is 4.90. The molecule has 0 aliphatic carbocycles. The Morgan fingerprint density at radius 2 is 1.77 bits per heavy atom. The number of hydrogen-bond acceptors (Lipinski definition) is 3. The average Bonchev–Trinajstić information content (AvgIpc) is 2.78. The lowest BCUT2D eigenvalue weighted by atomic mass is 9.93. The van der Waals surface area contributed by atoms with Crippen LogP contribution in [0.3, 0.4) is 0 Å². The van der Waals surface area contributed by atoms with Crippen LogP contribution in [0.5, 0.6) is 5.75 Å². The second-order valence-electron chi connectivity index (χ2n) is 7.93. The summed E-state index contributed by atoms with van der Waals surface area (Å²) < 4.78 is 5.52. The Morgan fingerprint density at radius 3 is 2.53 bits per heavy atom. The van der Waals surface area contributed by atoms with Gasteiger partial charge in [0.2, 0.25) is 0 Å². The van der Waals surface area contributed by atoms with Gasteiger partial charge in [-0.15, -0.1) is 0 Å². The van der Waals surface area contributed by atoms with E-state index in [2.05, 4.69) is 77.8 Å². The Kier molecular flexibility index (Phi) is 6.46. The van der Waals surface area contributed by atoms with Crippen LogP contribution in [0.2, 0.25) is 0 Å². The number of ether oxygens (including phenoxy) is 1. The summed E-state index contributed by atoms with van der Waals surface area (Å²) in [5, 5.41) is 3.53. The van der Waals surface area contributed by atoms with Gasteiger partial charge in [0, 0.05) is 25.7 Å². The van der Waals surface area contributed by atoms with Gasteiger partial charge in [-0.2, -0.15) is 0 Å². The molecular weight excluding hydrogens is 388 g/mol. The van der Waals surface area contributed by atoms with Crippen molar-refractivity contribution >= 4 is 17.2 Å². The van der Waals surface area contributed by atoms with Crippen molar-refractivity contribution in [2.24, 2.45) is 0 Å². The third-order valence-electron chi connectivity index (χ3n) is 5.79. The van der Waals surface area contributed by atoms with E-state index in [9.17, 15) is 0 Å². The maximum Gasteiger partial charge on any atom is 0.129 e. The van der Waals surface area contributed by atoms with E-state index in [0.29, 0.717) is 6.04 Å². The number of nitrogens with one attached hydrogen (secondary N) is 1. The minimum atomic E-state index is 0.369. The third kappa shape index (κ3) is 4.72. The first-order valence-electron chi connectivity index (χ1n) is 10.4. The van der Waals surface area contributed by atoms with Crippen molar-refractivity contribution in [1.82, 2.24) is 10.2 Å². The van der Waals surface area contributed by atoms with Gasteiger partial charge in [-0.05, 0) is 42.2 Å². The van der Waals surface area contributed by atoms with E-state index in [1.807, 2.05) is 12.1 Å². The summed E-state index contributed by atoms with van der Waals surface area (Å²) >= 11 is 5.74. The maximum absolute atomic E-state index is 5.74. The maximum atomic E-state index is 5.74. The van der Waals surface area contributed by atoms with Crippen LogP contribution in [0, 0.1) is 6.92 Å². The molecule has 3 nitrogen and oxygen atoms in total. The summed E-state index contributed by atoms with van der Waals surface area (Å²) in [6.45, 7) is 4.77. The first-order chi connectivity index (χ1) is 14.6. The summed E-state index contributed by atoms with van der Waals surface area (Å²) in [6.07, 6.45) is 1.02. The number of aryl methyl sites for hydroxylation is 1. The fourth-order valence-electron chi connectivity index (χ4n) is 4.15. The van der Waals surface area contributed by atoms with Crippen molar-refractivity contribution in [2.45, 2.75) is 32.5 Å². The zero-order valence-corrected chi connectivity index (χ0v) is 18.4. The quantitative estimate of drug-likeness (QED) is 0.578. The van der Waals surface area contributed by atoms with E-state index in [-0.39, 0.29) is 0 Å². The highest BCUT2D eigenvalue weighted by Gasteiger charge is 2.26. The van der Waals surface area contributed by atoms with Crippen molar-refractivity contribution in [3.05, 3.63) is 101 Å². The van der Waals surface area contributed by atoms with E-state index >= 15 is 0 Å². The van der Waals surface area contributed by atoms with E-state index in [1.54, 1.807) is 7.11 Å². The van der Waals surface area contributed by atoms with Crippen LogP contribution in [0.25, 0.3) is 0 Å². The van der Waals surface area contributed by atoms with Crippen molar-refractivity contribution in [3.63, 3.8) is 0 Å². The molecule has 1 aliphatic heterocycles. The van der Waals surface area contributed by atoms with Gasteiger partial charge in [-0.25, -0.2) is 0 Å². The molecule has 154 valence electrons. The molecule has 1 heterocycles. The number of nitrogens with zero attached hydrogens (tertiary/aromatic N) is 1. The predicted molar refractivity (Wildman–Crippen MR) is 127 cm³/mol. The number of benzene rings is 3. The van der Waals surface area contributed by atoms with Gasteiger partial charge >= 0.3 is 0 Å². The molecule has 1 N–H and O–H groups in total. The van der Waals surface area contributed by atoms with Crippen molar-refractivity contribution < 1.29 is 4.74 Å². The van der Waals surface area contributed by atoms with Gasteiger partial charge in [0.25, 0.3) is 0 Å². The summed E-state index contributed by atoms with van der Waals surface area (Å²) in [5.74, 6) is 0.813. The van der Waals surface area contributed by atoms with Gasteiger partial charge in [-0.3, -0.25) is 4.90 Å². The molecule has 0 saturated carbocycles. The number of methoxy groups -OCH3 is 1. The fourth-order valence-corrected chi connectivity index (χ4v) is 4.39. The molecule has 30 heavy (non-hydrogen) atoms. The lowest BCUT2D eigenvalue weighted by Crippen LogP contribution is -2.47. The van der Waals surface area contributed by atoms with Crippen LogP contribution in [-0.4, -0.2) is 29.6 Å². The topological polar surface area (TPSA) is 24.5 Å². The van der Waals surface area contributed by atoms with Gasteiger partial charge in [-0.1, -0.05) is 78.4 Å². The second-order valence-corrected chi connectivity index (χ2v) is 8.34. The number of rotatable bonds is 6. The molecule has 0 unspecified atom stereocenters. The molecular formula is C26H28N2OS. The monoisotopic (exact) mass is 416 g/mol. The minimum Gasteiger partial charge on any atom is -0.496 e. The van der Waals surface area contributed by atoms with Crippen LogP contribution < -0.4 is 10.1 Å². The van der Waals surface area contributed by atoms with E-state index in [1.165, 1.54) is 22.3 Å². The van der Waals surface area contributed by atoms with Crippen molar-refractivity contribution in [1.29, 1.82) is 0 Å². The molecule has 3 aromatic rings. The van der Waals surface area contributed by atoms with Crippen molar-refractivity contribution in [2.75, 3.05) is 13.7 Å². The number of fused-ring (bicyclic) bond motifs is 1. The smallest absolute Gasteiger partial charge is 0.129 e. The van der Waals surface area contributed by atoms with Gasteiger partial charge in [0.05, 0.1) is 12.7 Å². The van der Waals surface area contributed by atoms with E-state index < -0.39 is 0 Å². The highest BCUT2D eigenvalue weighted by Crippen LogP contribution is 2.25. The lowest BCUT2D eigenvalue weighted by Gasteiger charge is -2.37. The van der Waals surface area contributed by atoms with Crippen LogP contribution >= 0.6 is 12.2 Å². The first kappa shape index (κ1) is 20.6. The third-order valence-corrected chi connectivity index (χ3v) is 6.15. The normalized spacial score (nSPS) is 16.0. The molecule has 4 rings (SSSR count). The molecule has 0 amide bonds. The van der Waals surface area contributed by atoms with Crippen LogP contribution in [0.15, 0.2) is 72.8 Å². The second kappa shape index (κ2) is 9.41. The first-order valence-corrected chi connectivity index (χ1v) is 10.8. The zero-order chi connectivity index (χ0) is 20.9.